The molecule has 2 aromatic heterocycles. The van der Waals surface area contributed by atoms with Gasteiger partial charge >= 0.3 is 0 Å². The normalized spacial score (nSPS) is 15.4. The maximum Gasteiger partial charge on any atom is 0.222 e. The van der Waals surface area contributed by atoms with Gasteiger partial charge in [0.1, 0.15) is 11.9 Å². The highest BCUT2D eigenvalue weighted by Crippen LogP contribution is 2.18. The maximum absolute atomic E-state index is 12.3. The predicted octanol–water partition coefficient (Wildman–Crippen LogP) is 2.48. The highest BCUT2D eigenvalue weighted by molar-refractivity contribution is 5.76. The second-order valence-electron chi connectivity index (χ2n) is 5.74. The lowest BCUT2D eigenvalue weighted by Gasteiger charge is -2.32. The van der Waals surface area contributed by atoms with Crippen molar-refractivity contribution in [1.82, 2.24) is 14.9 Å². The van der Waals surface area contributed by atoms with Crippen molar-refractivity contribution >= 4 is 5.91 Å². The predicted molar refractivity (Wildman–Crippen MR) is 87.0 cm³/mol. The highest BCUT2D eigenvalue weighted by Gasteiger charge is 2.23. The molecule has 0 bridgehead atoms. The summed E-state index contributed by atoms with van der Waals surface area (Å²) in [5.74, 6) is 1.02. The number of hydrogen-bond donors (Lipinski definition) is 0. The fourth-order valence-corrected chi connectivity index (χ4v) is 2.79. The molecule has 120 valence electrons. The molecule has 5 heteroatoms. The highest BCUT2D eigenvalue weighted by atomic mass is 16.5. The SMILES string of the molecule is O=C(CCc1ccncc1)N1CCC(Oc2cccnc2)CC1. The van der Waals surface area contributed by atoms with Crippen molar-refractivity contribution in [1.29, 1.82) is 0 Å². The number of rotatable bonds is 5. The van der Waals surface area contributed by atoms with Crippen LogP contribution in [0.2, 0.25) is 0 Å². The van der Waals surface area contributed by atoms with Crippen LogP contribution in [0.1, 0.15) is 24.8 Å². The molecule has 0 atom stereocenters. The lowest BCUT2D eigenvalue weighted by Crippen LogP contribution is -2.41. The van der Waals surface area contributed by atoms with Crippen LogP contribution in [0, 0.1) is 0 Å². The summed E-state index contributed by atoms with van der Waals surface area (Å²) in [6.45, 7) is 1.53. The Kier molecular flexibility index (Phi) is 5.19. The first-order valence-corrected chi connectivity index (χ1v) is 8.04. The van der Waals surface area contributed by atoms with Gasteiger partial charge in [0.25, 0.3) is 0 Å². The zero-order valence-electron chi connectivity index (χ0n) is 13.1. The van der Waals surface area contributed by atoms with Crippen molar-refractivity contribution < 1.29 is 9.53 Å². The molecular weight excluding hydrogens is 290 g/mol. The maximum atomic E-state index is 12.3. The van der Waals surface area contributed by atoms with E-state index in [1.165, 1.54) is 0 Å². The number of likely N-dealkylation sites (tertiary alicyclic amines) is 1. The van der Waals surface area contributed by atoms with Gasteiger partial charge in [-0.1, -0.05) is 0 Å². The van der Waals surface area contributed by atoms with E-state index in [1.807, 2.05) is 29.2 Å². The minimum atomic E-state index is 0.170. The van der Waals surface area contributed by atoms with Crippen LogP contribution in [-0.2, 0) is 11.2 Å². The van der Waals surface area contributed by atoms with Crippen molar-refractivity contribution in [3.05, 3.63) is 54.6 Å². The van der Waals surface area contributed by atoms with E-state index in [9.17, 15) is 4.79 Å². The number of ether oxygens (including phenoxy) is 1. The molecule has 1 saturated heterocycles. The second kappa shape index (κ2) is 7.72. The second-order valence-corrected chi connectivity index (χ2v) is 5.74. The summed E-state index contributed by atoms with van der Waals surface area (Å²) in [7, 11) is 0. The van der Waals surface area contributed by atoms with Gasteiger partial charge in [-0.25, -0.2) is 0 Å². The molecule has 0 unspecified atom stereocenters. The van der Waals surface area contributed by atoms with Crippen molar-refractivity contribution in [3.63, 3.8) is 0 Å². The fraction of sp³-hybridized carbons (Fsp3) is 0.389. The molecule has 1 aliphatic heterocycles. The van der Waals surface area contributed by atoms with Crippen LogP contribution in [0.15, 0.2) is 49.1 Å². The van der Waals surface area contributed by atoms with Crippen molar-refractivity contribution in [2.75, 3.05) is 13.1 Å². The monoisotopic (exact) mass is 311 g/mol. The van der Waals surface area contributed by atoms with Crippen LogP contribution in [0.3, 0.4) is 0 Å². The van der Waals surface area contributed by atoms with Gasteiger partial charge in [0.15, 0.2) is 0 Å². The van der Waals surface area contributed by atoms with E-state index in [0.29, 0.717) is 6.42 Å². The first-order valence-electron chi connectivity index (χ1n) is 8.04. The van der Waals surface area contributed by atoms with Crippen LogP contribution < -0.4 is 4.74 Å². The summed E-state index contributed by atoms with van der Waals surface area (Å²) in [5.41, 5.74) is 1.16. The Morgan fingerprint density at radius 3 is 2.61 bits per heavy atom. The zero-order valence-corrected chi connectivity index (χ0v) is 13.1. The molecule has 0 spiro atoms. The minimum absolute atomic E-state index is 0.170. The summed E-state index contributed by atoms with van der Waals surface area (Å²) in [4.78, 5) is 22.3. The summed E-state index contributed by atoms with van der Waals surface area (Å²) in [6, 6.07) is 7.70. The van der Waals surface area contributed by atoms with E-state index in [4.69, 9.17) is 4.74 Å². The standard InChI is InChI=1S/C18H21N3O2/c22-18(4-3-15-5-10-19-11-6-15)21-12-7-16(8-13-21)23-17-2-1-9-20-14-17/h1-2,5-6,9-11,14,16H,3-4,7-8,12-13H2. The van der Waals surface area contributed by atoms with Crippen molar-refractivity contribution in [2.24, 2.45) is 0 Å². The van der Waals surface area contributed by atoms with Gasteiger partial charge in [-0.2, -0.15) is 0 Å². The molecule has 0 radical (unpaired) electrons. The lowest BCUT2D eigenvalue weighted by molar-refractivity contribution is -0.132. The van der Waals surface area contributed by atoms with E-state index < -0.39 is 0 Å². The molecule has 0 N–H and O–H groups in total. The molecule has 1 fully saturated rings. The topological polar surface area (TPSA) is 55.3 Å². The number of piperidine rings is 1. The number of amides is 1. The molecule has 0 saturated carbocycles. The molecule has 0 aromatic carbocycles. The Morgan fingerprint density at radius 2 is 1.91 bits per heavy atom. The van der Waals surface area contributed by atoms with E-state index in [1.54, 1.807) is 24.8 Å². The lowest BCUT2D eigenvalue weighted by atomic mass is 10.1. The molecule has 2 aromatic rings. The van der Waals surface area contributed by atoms with E-state index in [0.717, 1.165) is 43.7 Å². The number of nitrogens with zero attached hydrogens (tertiary/aromatic N) is 3. The zero-order chi connectivity index (χ0) is 15.9. The Bertz CT molecular complexity index is 611. The van der Waals surface area contributed by atoms with Crippen LogP contribution in [-0.4, -0.2) is 40.0 Å². The fourth-order valence-electron chi connectivity index (χ4n) is 2.79. The summed E-state index contributed by atoms with van der Waals surface area (Å²) >= 11 is 0. The van der Waals surface area contributed by atoms with Crippen LogP contribution in [0.5, 0.6) is 5.75 Å². The molecule has 3 rings (SSSR count). The number of hydrogen-bond acceptors (Lipinski definition) is 4. The van der Waals surface area contributed by atoms with Gasteiger partial charge in [-0.05, 0) is 36.2 Å². The first kappa shape index (κ1) is 15.5. The molecule has 23 heavy (non-hydrogen) atoms. The van der Waals surface area contributed by atoms with Gasteiger partial charge in [0, 0.05) is 50.9 Å². The number of aromatic nitrogens is 2. The molecule has 3 heterocycles. The molecule has 1 amide bonds. The number of aryl methyl sites for hydroxylation is 1. The average Bonchev–Trinajstić information content (AvgIpc) is 2.62. The van der Waals surface area contributed by atoms with Gasteiger partial charge in [-0.15, -0.1) is 0 Å². The Balaban J connectivity index is 1.42. The van der Waals surface area contributed by atoms with Crippen LogP contribution >= 0.6 is 0 Å². The van der Waals surface area contributed by atoms with Crippen LogP contribution in [0.25, 0.3) is 0 Å². The Hall–Kier alpha value is -2.43. The van der Waals surface area contributed by atoms with Crippen molar-refractivity contribution in [2.45, 2.75) is 31.8 Å². The Labute approximate surface area is 136 Å². The third kappa shape index (κ3) is 4.52. The Morgan fingerprint density at radius 1 is 1.13 bits per heavy atom. The third-order valence-electron chi connectivity index (χ3n) is 4.11. The van der Waals surface area contributed by atoms with E-state index >= 15 is 0 Å². The molecule has 1 aliphatic rings. The largest absolute Gasteiger partial charge is 0.489 e. The van der Waals surface area contributed by atoms with Gasteiger partial charge in [-0.3, -0.25) is 14.8 Å². The number of carbonyl (C=O) groups excluding carboxylic acids is 1. The smallest absolute Gasteiger partial charge is 0.222 e. The summed E-state index contributed by atoms with van der Waals surface area (Å²) < 4.78 is 5.91. The van der Waals surface area contributed by atoms with Crippen molar-refractivity contribution in [3.8, 4) is 5.75 Å². The molecular formula is C18H21N3O2. The molecule has 5 nitrogen and oxygen atoms in total. The first-order chi connectivity index (χ1) is 11.3. The van der Waals surface area contributed by atoms with Gasteiger partial charge in [0.2, 0.25) is 5.91 Å². The summed E-state index contributed by atoms with van der Waals surface area (Å²) in [6.07, 6.45) is 10.2. The minimum Gasteiger partial charge on any atom is -0.489 e. The van der Waals surface area contributed by atoms with Gasteiger partial charge in [0.05, 0.1) is 6.20 Å². The summed E-state index contributed by atoms with van der Waals surface area (Å²) in [5, 5.41) is 0. The van der Waals surface area contributed by atoms with E-state index in [2.05, 4.69) is 9.97 Å². The number of pyridine rings is 2. The van der Waals surface area contributed by atoms with E-state index in [-0.39, 0.29) is 12.0 Å². The number of carbonyl (C=O) groups is 1. The van der Waals surface area contributed by atoms with Crippen LogP contribution in [0.4, 0.5) is 0 Å². The quantitative estimate of drug-likeness (QED) is 0.851. The third-order valence-corrected chi connectivity index (χ3v) is 4.11. The average molecular weight is 311 g/mol. The molecule has 0 aliphatic carbocycles. The van der Waals surface area contributed by atoms with Gasteiger partial charge < -0.3 is 9.64 Å².